The molecule has 2 N–H and O–H groups in total. The molecule has 0 saturated carbocycles. The van der Waals surface area contributed by atoms with Gasteiger partial charge < -0.3 is 10.6 Å². The van der Waals surface area contributed by atoms with Gasteiger partial charge in [0.25, 0.3) is 0 Å². The minimum Gasteiger partial charge on any atom is -0.356 e. The van der Waals surface area contributed by atoms with Crippen molar-refractivity contribution in [3.05, 3.63) is 64.7 Å². The number of benzene rings is 2. The zero-order valence-corrected chi connectivity index (χ0v) is 21.3. The molecule has 8 heteroatoms. The van der Waals surface area contributed by atoms with Crippen LogP contribution in [0.4, 0.5) is 0 Å². The van der Waals surface area contributed by atoms with Crippen molar-refractivity contribution in [2.45, 2.75) is 31.0 Å². The molecule has 0 atom stereocenters. The van der Waals surface area contributed by atoms with Crippen LogP contribution in [0.2, 0.25) is 0 Å². The zero-order chi connectivity index (χ0) is 20.6. The molecule has 0 spiro atoms. The highest BCUT2D eigenvalue weighted by molar-refractivity contribution is 14.0. The van der Waals surface area contributed by atoms with Crippen LogP contribution in [0.1, 0.15) is 22.3 Å². The molecule has 0 unspecified atom stereocenters. The second-order valence-corrected chi connectivity index (χ2v) is 9.85. The predicted molar refractivity (Wildman–Crippen MR) is 135 cm³/mol. The van der Waals surface area contributed by atoms with E-state index in [2.05, 4.69) is 46.8 Å². The van der Waals surface area contributed by atoms with E-state index in [-0.39, 0.29) is 24.0 Å². The van der Waals surface area contributed by atoms with Crippen molar-refractivity contribution in [2.24, 2.45) is 4.99 Å². The van der Waals surface area contributed by atoms with Crippen LogP contribution in [0.25, 0.3) is 0 Å². The summed E-state index contributed by atoms with van der Waals surface area (Å²) in [5.41, 5.74) is 4.40. The smallest absolute Gasteiger partial charge is 0.191 e. The van der Waals surface area contributed by atoms with Crippen LogP contribution in [-0.2, 0) is 22.1 Å². The van der Waals surface area contributed by atoms with Crippen LogP contribution >= 0.6 is 35.7 Å². The largest absolute Gasteiger partial charge is 0.356 e. The highest BCUT2D eigenvalue weighted by Crippen LogP contribution is 2.16. The topological polar surface area (TPSA) is 70.6 Å². The van der Waals surface area contributed by atoms with E-state index in [1.165, 1.54) is 17.4 Å². The Balaban J connectivity index is 0.00000420. The van der Waals surface area contributed by atoms with Crippen molar-refractivity contribution in [3.63, 3.8) is 0 Å². The third-order valence-electron chi connectivity index (χ3n) is 4.25. The molecule has 0 heterocycles. The Labute approximate surface area is 196 Å². The molecule has 0 radical (unpaired) electrons. The Bertz CT molecular complexity index is 914. The van der Waals surface area contributed by atoms with Crippen LogP contribution in [0, 0.1) is 13.8 Å². The van der Waals surface area contributed by atoms with E-state index in [4.69, 9.17) is 0 Å². The molecular formula is C21H30IN3O2S2. The first-order valence-corrected chi connectivity index (χ1v) is 12.2. The van der Waals surface area contributed by atoms with Crippen LogP contribution in [-0.4, -0.2) is 40.0 Å². The fourth-order valence-corrected chi connectivity index (χ4v) is 4.54. The molecule has 2 rings (SSSR count). The Kier molecular flexibility index (Phi) is 11.1. The number of nitrogens with one attached hydrogen (secondary N) is 2. The number of rotatable bonds is 8. The number of aliphatic imine (C=N–C) groups is 1. The van der Waals surface area contributed by atoms with Crippen molar-refractivity contribution in [1.82, 2.24) is 10.6 Å². The predicted octanol–water partition coefficient (Wildman–Crippen LogP) is 3.92. The highest BCUT2D eigenvalue weighted by atomic mass is 127. The number of aryl methyl sites for hydroxylation is 2. The van der Waals surface area contributed by atoms with Crippen molar-refractivity contribution >= 4 is 51.5 Å². The first-order chi connectivity index (χ1) is 13.3. The van der Waals surface area contributed by atoms with E-state index in [9.17, 15) is 8.42 Å². The van der Waals surface area contributed by atoms with Gasteiger partial charge in [-0.15, -0.1) is 24.0 Å². The van der Waals surface area contributed by atoms with Crippen LogP contribution in [0.15, 0.2) is 52.4 Å². The summed E-state index contributed by atoms with van der Waals surface area (Å²) in [6.07, 6.45) is 1.23. The second kappa shape index (κ2) is 12.4. The van der Waals surface area contributed by atoms with Crippen molar-refractivity contribution < 1.29 is 8.42 Å². The summed E-state index contributed by atoms with van der Waals surface area (Å²) >= 11 is 1.88. The van der Waals surface area contributed by atoms with Gasteiger partial charge in [0.15, 0.2) is 15.8 Å². The minimum absolute atomic E-state index is 0. The van der Waals surface area contributed by atoms with Gasteiger partial charge >= 0.3 is 0 Å². The lowest BCUT2D eigenvalue weighted by atomic mass is 10.1. The number of thioether (sulfide) groups is 1. The van der Waals surface area contributed by atoms with Gasteiger partial charge in [-0.2, -0.15) is 11.8 Å². The molecule has 0 aliphatic rings. The van der Waals surface area contributed by atoms with Gasteiger partial charge in [-0.05, 0) is 36.6 Å². The number of sulfone groups is 1. The standard InChI is InChI=1S/C21H29N3O2S2.HI/c1-16-5-7-18(8-6-16)15-27-12-11-23-21(22-3)24-14-19-9-10-20(17(2)13-19)28(4,25)26;/h5-10,13H,11-12,14-15H2,1-4H3,(H2,22,23,24);1H. The average Bonchev–Trinajstić information content (AvgIpc) is 2.64. The van der Waals surface area contributed by atoms with E-state index in [1.807, 2.05) is 30.8 Å². The first kappa shape index (κ1) is 25.8. The second-order valence-electron chi connectivity index (χ2n) is 6.76. The highest BCUT2D eigenvalue weighted by Gasteiger charge is 2.10. The van der Waals surface area contributed by atoms with Crippen molar-refractivity contribution in [2.75, 3.05) is 25.6 Å². The monoisotopic (exact) mass is 547 g/mol. The molecule has 0 fully saturated rings. The average molecular weight is 548 g/mol. The van der Waals surface area contributed by atoms with Gasteiger partial charge in [-0.25, -0.2) is 8.42 Å². The first-order valence-electron chi connectivity index (χ1n) is 9.17. The van der Waals surface area contributed by atoms with Crippen LogP contribution < -0.4 is 10.6 Å². The van der Waals surface area contributed by atoms with E-state index in [0.29, 0.717) is 11.4 Å². The Morgan fingerprint density at radius 1 is 1.03 bits per heavy atom. The summed E-state index contributed by atoms with van der Waals surface area (Å²) in [4.78, 5) is 4.62. The molecule has 29 heavy (non-hydrogen) atoms. The molecule has 0 aromatic heterocycles. The van der Waals surface area contributed by atoms with Crippen molar-refractivity contribution in [3.8, 4) is 0 Å². The number of halogens is 1. The van der Waals surface area contributed by atoms with E-state index in [0.717, 1.165) is 35.1 Å². The van der Waals surface area contributed by atoms with E-state index < -0.39 is 9.84 Å². The molecule has 0 bridgehead atoms. The van der Waals surface area contributed by atoms with Crippen LogP contribution in [0.3, 0.4) is 0 Å². The molecule has 160 valence electrons. The van der Waals surface area contributed by atoms with Gasteiger partial charge in [0.05, 0.1) is 4.90 Å². The number of hydrogen-bond acceptors (Lipinski definition) is 4. The van der Waals surface area contributed by atoms with Gasteiger partial charge in [0.1, 0.15) is 0 Å². The quantitative estimate of drug-likeness (QED) is 0.227. The molecule has 2 aromatic carbocycles. The molecule has 0 aliphatic carbocycles. The number of nitrogens with zero attached hydrogens (tertiary/aromatic N) is 1. The van der Waals surface area contributed by atoms with Gasteiger partial charge in [0.2, 0.25) is 0 Å². The Hall–Kier alpha value is -1.26. The summed E-state index contributed by atoms with van der Waals surface area (Å²) in [6, 6.07) is 14.0. The molecule has 0 amide bonds. The number of hydrogen-bond donors (Lipinski definition) is 2. The maximum Gasteiger partial charge on any atom is 0.191 e. The summed E-state index contributed by atoms with van der Waals surface area (Å²) in [6.45, 7) is 5.32. The normalized spacial score (nSPS) is 11.7. The fourth-order valence-electron chi connectivity index (χ4n) is 2.76. The molecule has 0 aliphatic heterocycles. The van der Waals surface area contributed by atoms with Crippen LogP contribution in [0.5, 0.6) is 0 Å². The maximum absolute atomic E-state index is 11.7. The summed E-state index contributed by atoms with van der Waals surface area (Å²) < 4.78 is 23.4. The lowest BCUT2D eigenvalue weighted by Crippen LogP contribution is -2.38. The minimum atomic E-state index is -3.18. The van der Waals surface area contributed by atoms with Crippen molar-refractivity contribution in [1.29, 1.82) is 0 Å². The van der Waals surface area contributed by atoms with E-state index >= 15 is 0 Å². The molecular weight excluding hydrogens is 517 g/mol. The Morgan fingerprint density at radius 2 is 1.69 bits per heavy atom. The zero-order valence-electron chi connectivity index (χ0n) is 17.4. The summed E-state index contributed by atoms with van der Waals surface area (Å²) in [5.74, 6) is 2.72. The maximum atomic E-state index is 11.7. The van der Waals surface area contributed by atoms with Gasteiger partial charge in [0, 0.05) is 37.9 Å². The summed E-state index contributed by atoms with van der Waals surface area (Å²) in [7, 11) is -1.44. The molecule has 0 saturated heterocycles. The third kappa shape index (κ3) is 8.96. The summed E-state index contributed by atoms with van der Waals surface area (Å²) in [5, 5.41) is 6.57. The van der Waals surface area contributed by atoms with Gasteiger partial charge in [-0.1, -0.05) is 42.0 Å². The molecule has 5 nitrogen and oxygen atoms in total. The fraction of sp³-hybridized carbons (Fsp3) is 0.381. The van der Waals surface area contributed by atoms with Gasteiger partial charge in [-0.3, -0.25) is 4.99 Å². The van der Waals surface area contributed by atoms with E-state index in [1.54, 1.807) is 13.1 Å². The lowest BCUT2D eigenvalue weighted by molar-refractivity contribution is 0.601. The Morgan fingerprint density at radius 3 is 2.28 bits per heavy atom. The number of guanidine groups is 1. The third-order valence-corrected chi connectivity index (χ3v) is 6.54. The SMILES string of the molecule is CN=C(NCCSCc1ccc(C)cc1)NCc1ccc(S(C)(=O)=O)c(C)c1.I. The lowest BCUT2D eigenvalue weighted by Gasteiger charge is -2.13. The molecule has 2 aromatic rings.